The molecule has 1 unspecified atom stereocenters. The van der Waals surface area contributed by atoms with Gasteiger partial charge in [0.05, 0.1) is 0 Å². The Bertz CT molecular complexity index is 221. The second kappa shape index (κ2) is 11.3. The van der Waals surface area contributed by atoms with E-state index < -0.39 is 6.95 Å². The van der Waals surface area contributed by atoms with Crippen molar-refractivity contribution in [3.05, 3.63) is 0 Å². The Hall–Kier alpha value is 0.220. The molecule has 0 spiro atoms. The van der Waals surface area contributed by atoms with Gasteiger partial charge in [0.15, 0.2) is 0 Å². The number of hydrogen-bond acceptors (Lipinski definition) is 1. The van der Waals surface area contributed by atoms with E-state index in [2.05, 4.69) is 26.8 Å². The fourth-order valence-corrected chi connectivity index (χ4v) is 11.9. The summed E-state index contributed by atoms with van der Waals surface area (Å²) in [6.45, 7) is 5.81. The van der Waals surface area contributed by atoms with Gasteiger partial charge in [-0.25, -0.2) is 0 Å². The molecular weight excluding hydrogens is 244 g/mol. The van der Waals surface area contributed by atoms with Gasteiger partial charge in [0.25, 0.3) is 0 Å². The van der Waals surface area contributed by atoms with E-state index in [0.29, 0.717) is 7.89 Å². The molecule has 0 aromatic carbocycles. The first-order valence-corrected chi connectivity index (χ1v) is 12.4. The molecule has 0 aromatic heterocycles. The van der Waals surface area contributed by atoms with E-state index in [9.17, 15) is 0 Å². The molecule has 0 saturated carbocycles. The second-order valence-corrected chi connectivity index (χ2v) is 14.7. The van der Waals surface area contributed by atoms with Crippen molar-refractivity contribution in [3.8, 4) is 6.07 Å². The summed E-state index contributed by atoms with van der Waals surface area (Å²) in [6.07, 6.45) is 12.6. The fraction of sp³-hybridized carbons (Fsp3) is 0.857. The van der Waals surface area contributed by atoms with Crippen molar-refractivity contribution in [1.29, 1.82) is 5.26 Å². The van der Waals surface area contributed by atoms with Crippen LogP contribution >= 0.6 is 14.8 Å². The Labute approximate surface area is 110 Å². The van der Waals surface area contributed by atoms with E-state index in [-0.39, 0.29) is 0 Å². The second-order valence-electron chi connectivity index (χ2n) is 5.14. The average molecular weight is 275 g/mol. The van der Waals surface area contributed by atoms with Crippen LogP contribution in [0, 0.1) is 11.3 Å². The fourth-order valence-electron chi connectivity index (χ4n) is 2.43. The summed E-state index contributed by atoms with van der Waals surface area (Å²) in [5.41, 5.74) is 0. The van der Waals surface area contributed by atoms with Crippen LogP contribution in [0.15, 0.2) is 0 Å². The van der Waals surface area contributed by atoms with Crippen molar-refractivity contribution in [2.45, 2.75) is 59.3 Å². The topological polar surface area (TPSA) is 23.8 Å². The third-order valence-corrected chi connectivity index (χ3v) is 13.9. The maximum absolute atomic E-state index is 8.84. The Morgan fingerprint density at radius 1 is 0.941 bits per heavy atom. The zero-order chi connectivity index (χ0) is 13.0. The predicted octanol–water partition coefficient (Wildman–Crippen LogP) is 4.79. The number of hydrogen-bond donors (Lipinski definition) is 0. The summed E-state index contributed by atoms with van der Waals surface area (Å²) >= 11 is 0. The molecule has 0 aromatic rings. The molecule has 0 aliphatic rings. The molecule has 1 atom stereocenters. The number of unbranched alkanes of at least 4 members (excludes halogenated alkanes) is 3. The molecule has 0 rings (SSSR count). The summed E-state index contributed by atoms with van der Waals surface area (Å²) in [4.78, 5) is 0. The first-order chi connectivity index (χ1) is 8.24. The zero-order valence-electron chi connectivity index (χ0n) is 12.0. The van der Waals surface area contributed by atoms with Crippen molar-refractivity contribution >= 4 is 20.6 Å². The van der Waals surface area contributed by atoms with Crippen molar-refractivity contribution in [3.63, 3.8) is 0 Å². The Morgan fingerprint density at radius 2 is 1.35 bits per heavy atom. The minimum atomic E-state index is -1.07. The molecular formula is C14H31NP2. The average Bonchev–Trinajstić information content (AvgIpc) is 2.37. The van der Waals surface area contributed by atoms with Crippen LogP contribution in [-0.2, 0) is 0 Å². The summed E-state index contributed by atoms with van der Waals surface area (Å²) < 4.78 is 0. The first-order valence-electron chi connectivity index (χ1n) is 7.32. The molecule has 0 fully saturated rings. The SMILES string of the molecule is CCCC[PH](CCCC)(CCCC)/[PH2]=C/C#N. The summed E-state index contributed by atoms with van der Waals surface area (Å²) in [6, 6.07) is 2.30. The summed E-state index contributed by atoms with van der Waals surface area (Å²) in [5.74, 6) is 1.98. The van der Waals surface area contributed by atoms with Gasteiger partial charge < -0.3 is 0 Å². The van der Waals surface area contributed by atoms with Crippen molar-refractivity contribution in [2.24, 2.45) is 0 Å². The molecule has 0 aliphatic heterocycles. The standard InChI is InChI=1S/C14H31NP2/c1-4-7-12-17(13-8-5-2,14-9-6-3)16-11-10-15/h11,17H,4-9,12-14,16H2,1-3H3. The molecule has 0 bridgehead atoms. The molecule has 0 amide bonds. The predicted molar refractivity (Wildman–Crippen MR) is 89.0 cm³/mol. The summed E-state index contributed by atoms with van der Waals surface area (Å²) in [5, 5.41) is 8.84. The Morgan fingerprint density at radius 3 is 1.65 bits per heavy atom. The van der Waals surface area contributed by atoms with Crippen molar-refractivity contribution < 1.29 is 0 Å². The van der Waals surface area contributed by atoms with Crippen molar-refractivity contribution in [2.75, 3.05) is 18.5 Å². The van der Waals surface area contributed by atoms with Crippen LogP contribution in [0.4, 0.5) is 0 Å². The van der Waals surface area contributed by atoms with Crippen LogP contribution in [0.3, 0.4) is 0 Å². The molecule has 0 radical (unpaired) electrons. The third-order valence-electron chi connectivity index (χ3n) is 3.60. The first kappa shape index (κ1) is 17.2. The van der Waals surface area contributed by atoms with Gasteiger partial charge in [-0.3, -0.25) is 0 Å². The molecule has 0 N–H and O–H groups in total. The summed E-state index contributed by atoms with van der Waals surface area (Å²) in [7, 11) is 0.343. The van der Waals surface area contributed by atoms with Gasteiger partial charge >= 0.3 is 110 Å². The monoisotopic (exact) mass is 275 g/mol. The quantitative estimate of drug-likeness (QED) is 0.526. The third kappa shape index (κ3) is 8.02. The van der Waals surface area contributed by atoms with Crippen LogP contribution in [0.2, 0.25) is 0 Å². The van der Waals surface area contributed by atoms with E-state index in [0.717, 1.165) is 0 Å². The van der Waals surface area contributed by atoms with E-state index in [1.165, 1.54) is 57.0 Å². The maximum atomic E-state index is 8.84. The molecule has 0 aliphatic carbocycles. The van der Waals surface area contributed by atoms with Crippen LogP contribution in [0.1, 0.15) is 59.3 Å². The molecule has 102 valence electrons. The number of nitriles is 1. The Balaban J connectivity index is 4.64. The molecule has 0 saturated heterocycles. The van der Waals surface area contributed by atoms with Crippen LogP contribution in [0.25, 0.3) is 0 Å². The van der Waals surface area contributed by atoms with Crippen LogP contribution in [0.5, 0.6) is 0 Å². The van der Waals surface area contributed by atoms with E-state index in [1.807, 2.05) is 5.80 Å². The normalized spacial score (nSPS) is 13.3. The van der Waals surface area contributed by atoms with Gasteiger partial charge in [0.2, 0.25) is 0 Å². The van der Waals surface area contributed by atoms with Crippen LogP contribution < -0.4 is 0 Å². The Kier molecular flexibility index (Phi) is 11.5. The molecule has 0 heterocycles. The van der Waals surface area contributed by atoms with Crippen molar-refractivity contribution in [1.82, 2.24) is 0 Å². The van der Waals surface area contributed by atoms with E-state index in [1.54, 1.807) is 0 Å². The molecule has 17 heavy (non-hydrogen) atoms. The van der Waals surface area contributed by atoms with Gasteiger partial charge in [-0.2, -0.15) is 0 Å². The number of nitrogens with zero attached hydrogens (tertiary/aromatic N) is 1. The number of rotatable bonds is 10. The van der Waals surface area contributed by atoms with Gasteiger partial charge in [-0.15, -0.1) is 0 Å². The van der Waals surface area contributed by atoms with E-state index in [4.69, 9.17) is 5.26 Å². The van der Waals surface area contributed by atoms with Gasteiger partial charge in [-0.1, -0.05) is 0 Å². The molecule has 3 heteroatoms. The minimum absolute atomic E-state index is 0.343. The van der Waals surface area contributed by atoms with Gasteiger partial charge in [-0.05, 0) is 0 Å². The van der Waals surface area contributed by atoms with Gasteiger partial charge in [0.1, 0.15) is 0 Å². The zero-order valence-corrected chi connectivity index (χ0v) is 14.1. The van der Waals surface area contributed by atoms with Crippen LogP contribution in [-0.4, -0.2) is 24.3 Å². The van der Waals surface area contributed by atoms with Gasteiger partial charge in [0, 0.05) is 0 Å². The van der Waals surface area contributed by atoms with E-state index >= 15 is 0 Å². The molecule has 1 nitrogen and oxygen atoms in total.